The molecule has 160 valence electrons. The molecule has 7 rings (SSSR count). The molecule has 5 heteroatoms. The molecule has 3 atom stereocenters. The highest BCUT2D eigenvalue weighted by Gasteiger charge is 2.76. The van der Waals surface area contributed by atoms with Crippen LogP contribution in [-0.4, -0.2) is 22.4 Å². The van der Waals surface area contributed by atoms with Crippen molar-refractivity contribution in [2.45, 2.75) is 35.3 Å². The van der Waals surface area contributed by atoms with Crippen molar-refractivity contribution in [3.63, 3.8) is 0 Å². The maximum absolute atomic E-state index is 13.3. The summed E-state index contributed by atoms with van der Waals surface area (Å²) >= 11 is 3.77. The predicted octanol–water partition coefficient (Wildman–Crippen LogP) is 4.87. The lowest BCUT2D eigenvalue weighted by atomic mass is 9.45. The average molecular weight is 489 g/mol. The molecular weight excluding hydrogens is 468 g/mol. The Balaban J connectivity index is 1.61. The minimum atomic E-state index is -1.16. The van der Waals surface area contributed by atoms with Crippen LogP contribution in [0.5, 0.6) is 0 Å². The number of cyclic esters (lactones) is 2. The molecule has 1 fully saturated rings. The number of carbonyl (C=O) groups excluding carboxylic acids is 2. The van der Waals surface area contributed by atoms with Crippen molar-refractivity contribution in [3.8, 4) is 0 Å². The number of benzene rings is 3. The second-order valence-electron chi connectivity index (χ2n) is 8.82. The molecule has 0 N–H and O–H groups in total. The molecule has 3 aromatic carbocycles. The van der Waals surface area contributed by atoms with Crippen molar-refractivity contribution in [2.24, 2.45) is 5.92 Å². The summed E-state index contributed by atoms with van der Waals surface area (Å²) in [6.07, 6.45) is -0.397. The fourth-order valence-electron chi connectivity index (χ4n) is 6.25. The van der Waals surface area contributed by atoms with Crippen LogP contribution >= 0.6 is 15.9 Å². The summed E-state index contributed by atoms with van der Waals surface area (Å²) in [5.74, 6) is -2.03. The van der Waals surface area contributed by atoms with Crippen LogP contribution in [-0.2, 0) is 31.1 Å². The van der Waals surface area contributed by atoms with Gasteiger partial charge in [-0.25, -0.2) is 4.79 Å². The number of ether oxygens (including phenoxy) is 2. The third-order valence-electron chi connectivity index (χ3n) is 7.46. The monoisotopic (exact) mass is 488 g/mol. The van der Waals surface area contributed by atoms with E-state index < -0.39 is 33.7 Å². The Labute approximate surface area is 194 Å². The van der Waals surface area contributed by atoms with Crippen LogP contribution in [0.15, 0.2) is 78.9 Å². The van der Waals surface area contributed by atoms with E-state index in [9.17, 15) is 9.59 Å². The van der Waals surface area contributed by atoms with E-state index >= 15 is 0 Å². The van der Waals surface area contributed by atoms with E-state index in [-0.39, 0.29) is 5.92 Å². The molecule has 0 amide bonds. The van der Waals surface area contributed by atoms with Crippen LogP contribution in [0, 0.1) is 5.92 Å². The number of carbonyl (C=O) groups is 2. The minimum absolute atomic E-state index is 0.304. The molecule has 32 heavy (non-hydrogen) atoms. The zero-order valence-corrected chi connectivity index (χ0v) is 19.0. The summed E-state index contributed by atoms with van der Waals surface area (Å²) in [5.41, 5.74) is 4.36. The van der Waals surface area contributed by atoms with E-state index in [4.69, 9.17) is 9.47 Å². The standard InChI is InChI=1S/C27H21BrO4/c1-16(31-15-17-9-3-2-4-10-17)26-20-13-7-5-11-18(20)22(19-12-6-8-14-21(19)26)27(28)23(26)24(29)32-25(27)30/h2-14,16,22-23H,15H2,1H3. The van der Waals surface area contributed by atoms with Gasteiger partial charge < -0.3 is 9.47 Å². The van der Waals surface area contributed by atoms with Crippen LogP contribution in [0.4, 0.5) is 0 Å². The fraction of sp³-hybridized carbons (Fsp3) is 0.259. The molecule has 0 radical (unpaired) electrons. The molecule has 1 heterocycles. The minimum Gasteiger partial charge on any atom is -0.392 e. The highest BCUT2D eigenvalue weighted by Crippen LogP contribution is 2.69. The molecule has 0 saturated carbocycles. The molecule has 3 unspecified atom stereocenters. The topological polar surface area (TPSA) is 52.6 Å². The van der Waals surface area contributed by atoms with Gasteiger partial charge in [0.25, 0.3) is 0 Å². The number of halogens is 1. The zero-order chi connectivity index (χ0) is 22.1. The Bertz CT molecular complexity index is 1210. The van der Waals surface area contributed by atoms with E-state index in [0.29, 0.717) is 6.61 Å². The highest BCUT2D eigenvalue weighted by atomic mass is 79.9. The maximum Gasteiger partial charge on any atom is 0.332 e. The Kier molecular flexibility index (Phi) is 4.27. The van der Waals surface area contributed by atoms with Crippen molar-refractivity contribution >= 4 is 27.9 Å². The quantitative estimate of drug-likeness (QED) is 0.298. The molecule has 2 bridgehead atoms. The fourth-order valence-corrected chi connectivity index (χ4v) is 7.37. The van der Waals surface area contributed by atoms with E-state index in [2.05, 4.69) is 40.2 Å². The van der Waals surface area contributed by atoms with Crippen molar-refractivity contribution in [2.75, 3.05) is 0 Å². The molecular formula is C27H21BrO4. The first kappa shape index (κ1) is 19.9. The van der Waals surface area contributed by atoms with E-state index in [0.717, 1.165) is 27.8 Å². The van der Waals surface area contributed by atoms with Crippen LogP contribution in [0.25, 0.3) is 0 Å². The van der Waals surface area contributed by atoms with Gasteiger partial charge >= 0.3 is 11.9 Å². The van der Waals surface area contributed by atoms with Gasteiger partial charge in [-0.15, -0.1) is 0 Å². The van der Waals surface area contributed by atoms with Gasteiger partial charge in [-0.3, -0.25) is 4.79 Å². The third kappa shape index (κ3) is 2.30. The van der Waals surface area contributed by atoms with E-state index in [1.54, 1.807) is 0 Å². The van der Waals surface area contributed by atoms with Crippen molar-refractivity contribution in [1.82, 2.24) is 0 Å². The van der Waals surface area contributed by atoms with E-state index in [1.165, 1.54) is 0 Å². The number of hydrogen-bond donors (Lipinski definition) is 0. The summed E-state index contributed by atoms with van der Waals surface area (Å²) in [6.45, 7) is 2.41. The van der Waals surface area contributed by atoms with Gasteiger partial charge in [0, 0.05) is 5.92 Å². The highest BCUT2D eigenvalue weighted by molar-refractivity contribution is 9.10. The summed E-state index contributed by atoms with van der Waals surface area (Å²) < 4.78 is 10.7. The second-order valence-corrected chi connectivity index (χ2v) is 10.1. The molecule has 0 aromatic heterocycles. The first-order chi connectivity index (χ1) is 15.5. The molecule has 3 aromatic rings. The summed E-state index contributed by atoms with van der Waals surface area (Å²) in [7, 11) is 0. The van der Waals surface area contributed by atoms with Gasteiger partial charge in [0.2, 0.25) is 0 Å². The maximum atomic E-state index is 13.3. The van der Waals surface area contributed by atoms with Gasteiger partial charge in [0.05, 0.1) is 18.1 Å². The lowest BCUT2D eigenvalue weighted by Crippen LogP contribution is -2.64. The first-order valence-electron chi connectivity index (χ1n) is 10.8. The second kappa shape index (κ2) is 6.87. The molecule has 0 spiro atoms. The van der Waals surface area contributed by atoms with Crippen LogP contribution in [0.1, 0.15) is 40.7 Å². The van der Waals surface area contributed by atoms with Crippen molar-refractivity contribution < 1.29 is 19.1 Å². The summed E-state index contributed by atoms with van der Waals surface area (Å²) in [6, 6.07) is 26.2. The van der Waals surface area contributed by atoms with Crippen molar-refractivity contribution in [3.05, 3.63) is 107 Å². The van der Waals surface area contributed by atoms with Gasteiger partial charge in [0.1, 0.15) is 10.2 Å². The number of hydrogen-bond acceptors (Lipinski definition) is 4. The Morgan fingerprint density at radius 2 is 1.47 bits per heavy atom. The Hall–Kier alpha value is -2.76. The predicted molar refractivity (Wildman–Crippen MR) is 122 cm³/mol. The zero-order valence-electron chi connectivity index (χ0n) is 17.5. The van der Waals surface area contributed by atoms with Crippen LogP contribution in [0.3, 0.4) is 0 Å². The van der Waals surface area contributed by atoms with Crippen LogP contribution in [0.2, 0.25) is 0 Å². The summed E-state index contributed by atoms with van der Waals surface area (Å²) in [5, 5.41) is 0. The lowest BCUT2D eigenvalue weighted by Gasteiger charge is -2.58. The van der Waals surface area contributed by atoms with Gasteiger partial charge in [-0.2, -0.15) is 0 Å². The molecule has 1 saturated heterocycles. The van der Waals surface area contributed by atoms with Gasteiger partial charge in [-0.1, -0.05) is 94.8 Å². The third-order valence-corrected chi connectivity index (χ3v) is 8.70. The number of rotatable bonds is 4. The molecule has 3 aliphatic carbocycles. The SMILES string of the molecule is CC(OCc1ccccc1)C12c3ccccc3C(c3ccccc31)C1(Br)C(=O)OC(=O)C12. The smallest absolute Gasteiger partial charge is 0.332 e. The van der Waals surface area contributed by atoms with Gasteiger partial charge in [0.15, 0.2) is 0 Å². The van der Waals surface area contributed by atoms with Crippen LogP contribution < -0.4 is 0 Å². The normalized spacial score (nSPS) is 30.3. The molecule has 4 nitrogen and oxygen atoms in total. The molecule has 1 aliphatic heterocycles. The summed E-state index contributed by atoms with van der Waals surface area (Å²) in [4.78, 5) is 26.5. The lowest BCUT2D eigenvalue weighted by molar-refractivity contribution is -0.154. The first-order valence-corrected chi connectivity index (χ1v) is 11.6. The number of alkyl halides is 1. The average Bonchev–Trinajstić information content (AvgIpc) is 3.07. The number of esters is 2. The van der Waals surface area contributed by atoms with Crippen molar-refractivity contribution in [1.29, 1.82) is 0 Å². The van der Waals surface area contributed by atoms with Gasteiger partial charge in [-0.05, 0) is 34.7 Å². The molecule has 4 aliphatic rings. The van der Waals surface area contributed by atoms with E-state index in [1.807, 2.05) is 61.5 Å². The Morgan fingerprint density at radius 3 is 2.09 bits per heavy atom. The Morgan fingerprint density at radius 1 is 0.906 bits per heavy atom. The largest absolute Gasteiger partial charge is 0.392 e.